The number of rotatable bonds is 7. The highest BCUT2D eigenvalue weighted by Gasteiger charge is 2.33. The standard InChI is InChI=1S/C31H30F3N5O4S/c1-19(35-28(41)38-30-39(27(40)18-44-30)26-8-4-6-21-5-2-3-7-25(21)26)17-20-9-11-22(12-10-20)36-29(42)37-23-13-15-24(16-14-23)43-31(32,33)34/h4,6,8-16,19H,2-3,5,7,17-18H2,1H3,(H,35,41)(H2,36,37,42). The highest BCUT2D eigenvalue weighted by molar-refractivity contribution is 8.15. The molecule has 1 aliphatic heterocycles. The second-order valence-corrected chi connectivity index (χ2v) is 11.4. The van der Waals surface area contributed by atoms with E-state index in [2.05, 4.69) is 31.7 Å². The minimum Gasteiger partial charge on any atom is -0.406 e. The summed E-state index contributed by atoms with van der Waals surface area (Å²) in [6, 6.07) is 16.4. The van der Waals surface area contributed by atoms with Crippen molar-refractivity contribution in [2.45, 2.75) is 51.4 Å². The van der Waals surface area contributed by atoms with Gasteiger partial charge in [0.15, 0.2) is 5.17 Å². The first-order chi connectivity index (χ1) is 21.0. The smallest absolute Gasteiger partial charge is 0.406 e. The number of halogens is 3. The zero-order chi connectivity index (χ0) is 31.3. The Morgan fingerprint density at radius 1 is 0.977 bits per heavy atom. The summed E-state index contributed by atoms with van der Waals surface area (Å²) in [5, 5.41) is 8.43. The Kier molecular flexibility index (Phi) is 9.43. The van der Waals surface area contributed by atoms with Crippen molar-refractivity contribution in [3.63, 3.8) is 0 Å². The van der Waals surface area contributed by atoms with E-state index in [4.69, 9.17) is 0 Å². The van der Waals surface area contributed by atoms with Crippen LogP contribution in [0.5, 0.6) is 5.75 Å². The molecule has 0 bridgehead atoms. The summed E-state index contributed by atoms with van der Waals surface area (Å²) in [4.78, 5) is 43.7. The lowest BCUT2D eigenvalue weighted by molar-refractivity contribution is -0.274. The second kappa shape index (κ2) is 13.4. The van der Waals surface area contributed by atoms with Gasteiger partial charge in [-0.1, -0.05) is 36.0 Å². The number of amides is 5. The average molecular weight is 626 g/mol. The molecule has 1 unspecified atom stereocenters. The number of amidine groups is 1. The van der Waals surface area contributed by atoms with E-state index in [1.165, 1.54) is 29.5 Å². The van der Waals surface area contributed by atoms with E-state index in [9.17, 15) is 27.6 Å². The molecule has 0 aromatic heterocycles. The summed E-state index contributed by atoms with van der Waals surface area (Å²) in [7, 11) is 0. The molecule has 3 N–H and O–H groups in total. The number of alkyl halides is 3. The molecule has 13 heteroatoms. The molecule has 9 nitrogen and oxygen atoms in total. The van der Waals surface area contributed by atoms with Gasteiger partial charge in [-0.3, -0.25) is 9.69 Å². The number of nitrogens with one attached hydrogen (secondary N) is 3. The van der Waals surface area contributed by atoms with Crippen LogP contribution in [0.1, 0.15) is 36.5 Å². The van der Waals surface area contributed by atoms with E-state index in [0.29, 0.717) is 17.3 Å². The van der Waals surface area contributed by atoms with Crippen LogP contribution in [0.4, 0.5) is 39.8 Å². The number of carbonyl (C=O) groups excluding carboxylic acids is 3. The monoisotopic (exact) mass is 625 g/mol. The number of aliphatic imine (C=N–C) groups is 1. The van der Waals surface area contributed by atoms with Crippen molar-refractivity contribution in [1.29, 1.82) is 0 Å². The van der Waals surface area contributed by atoms with Crippen LogP contribution in [0.25, 0.3) is 0 Å². The fraction of sp³-hybridized carbons (Fsp3) is 0.290. The molecule has 2 aliphatic rings. The lowest BCUT2D eigenvalue weighted by Crippen LogP contribution is -2.35. The van der Waals surface area contributed by atoms with E-state index in [-0.39, 0.29) is 23.4 Å². The van der Waals surface area contributed by atoms with Crippen molar-refractivity contribution in [2.24, 2.45) is 4.99 Å². The zero-order valence-corrected chi connectivity index (χ0v) is 24.6. The quantitative estimate of drug-likeness (QED) is 0.265. The van der Waals surface area contributed by atoms with Crippen molar-refractivity contribution in [3.05, 3.63) is 83.4 Å². The van der Waals surface area contributed by atoms with Gasteiger partial charge in [-0.15, -0.1) is 13.2 Å². The van der Waals surface area contributed by atoms with Gasteiger partial charge in [-0.25, -0.2) is 9.59 Å². The molecular weight excluding hydrogens is 595 g/mol. The number of ether oxygens (including phenoxy) is 1. The van der Waals surface area contributed by atoms with E-state index in [0.717, 1.165) is 54.6 Å². The fourth-order valence-corrected chi connectivity index (χ4v) is 6.00. The third kappa shape index (κ3) is 8.10. The normalized spacial score (nSPS) is 16.3. The molecule has 0 spiro atoms. The summed E-state index contributed by atoms with van der Waals surface area (Å²) in [5.74, 6) is -0.256. The molecule has 1 heterocycles. The predicted octanol–water partition coefficient (Wildman–Crippen LogP) is 6.88. The Balaban J connectivity index is 1.13. The maximum Gasteiger partial charge on any atom is 0.573 e. The summed E-state index contributed by atoms with van der Waals surface area (Å²) < 4.78 is 40.7. The van der Waals surface area contributed by atoms with Crippen molar-refractivity contribution in [3.8, 4) is 5.75 Å². The number of hydrogen-bond donors (Lipinski definition) is 3. The van der Waals surface area contributed by atoms with Crippen molar-refractivity contribution >= 4 is 52.0 Å². The molecule has 1 atom stereocenters. The van der Waals surface area contributed by atoms with Crippen LogP contribution < -0.4 is 25.6 Å². The first kappa shape index (κ1) is 30.9. The van der Waals surface area contributed by atoms with Crippen molar-refractivity contribution < 1.29 is 32.3 Å². The molecule has 1 aliphatic carbocycles. The van der Waals surface area contributed by atoms with Crippen LogP contribution in [-0.4, -0.2) is 41.3 Å². The molecule has 0 radical (unpaired) electrons. The number of fused-ring (bicyclic) bond motifs is 1. The summed E-state index contributed by atoms with van der Waals surface area (Å²) in [5.41, 5.74) is 4.89. The van der Waals surface area contributed by atoms with Crippen molar-refractivity contribution in [1.82, 2.24) is 5.32 Å². The second-order valence-electron chi connectivity index (χ2n) is 10.4. The lowest BCUT2D eigenvalue weighted by atomic mass is 9.90. The van der Waals surface area contributed by atoms with Gasteiger partial charge in [0.2, 0.25) is 5.91 Å². The first-order valence-corrected chi connectivity index (χ1v) is 15.0. The van der Waals surface area contributed by atoms with Gasteiger partial charge >= 0.3 is 18.4 Å². The van der Waals surface area contributed by atoms with Crippen LogP contribution >= 0.6 is 11.8 Å². The maximum absolute atomic E-state index is 12.8. The number of carbonyl (C=O) groups is 3. The van der Waals surface area contributed by atoms with Crippen LogP contribution in [-0.2, 0) is 24.1 Å². The van der Waals surface area contributed by atoms with Gasteiger partial charge < -0.3 is 20.7 Å². The van der Waals surface area contributed by atoms with E-state index in [1.54, 1.807) is 29.2 Å². The Morgan fingerprint density at radius 3 is 2.32 bits per heavy atom. The zero-order valence-electron chi connectivity index (χ0n) is 23.7. The average Bonchev–Trinajstić information content (AvgIpc) is 3.33. The summed E-state index contributed by atoms with van der Waals surface area (Å²) in [6.07, 6.45) is -0.231. The molecule has 5 amide bonds. The molecule has 230 valence electrons. The van der Waals surface area contributed by atoms with Crippen molar-refractivity contribution in [2.75, 3.05) is 21.3 Å². The first-order valence-electron chi connectivity index (χ1n) is 14.0. The van der Waals surface area contributed by atoms with Gasteiger partial charge in [0.1, 0.15) is 5.75 Å². The van der Waals surface area contributed by atoms with Gasteiger partial charge in [0, 0.05) is 17.4 Å². The number of benzene rings is 3. The number of anilines is 3. The van der Waals surface area contributed by atoms with Gasteiger partial charge in [-0.2, -0.15) is 4.99 Å². The largest absolute Gasteiger partial charge is 0.573 e. The number of thioether (sulfide) groups is 1. The third-order valence-electron chi connectivity index (χ3n) is 7.04. The minimum atomic E-state index is -4.80. The molecule has 0 saturated carbocycles. The number of aryl methyl sites for hydroxylation is 1. The highest BCUT2D eigenvalue weighted by atomic mass is 32.2. The molecular formula is C31H30F3N5O4S. The molecule has 1 fully saturated rings. The minimum absolute atomic E-state index is 0.0932. The SMILES string of the molecule is CC(Cc1ccc(NC(=O)Nc2ccc(OC(F)(F)F)cc2)cc1)NC(=O)N=C1SCC(=O)N1c1cccc2c1CCCC2. The van der Waals surface area contributed by atoms with Gasteiger partial charge in [0.25, 0.3) is 0 Å². The van der Waals surface area contributed by atoms with E-state index < -0.39 is 24.2 Å². The maximum atomic E-state index is 12.8. The van der Waals surface area contributed by atoms with E-state index >= 15 is 0 Å². The molecule has 5 rings (SSSR count). The van der Waals surface area contributed by atoms with Gasteiger partial charge in [-0.05, 0) is 98.2 Å². The fourth-order valence-electron chi connectivity index (χ4n) is 5.14. The van der Waals surface area contributed by atoms with Crippen LogP contribution in [0.2, 0.25) is 0 Å². The number of urea groups is 2. The van der Waals surface area contributed by atoms with Crippen LogP contribution in [0.15, 0.2) is 71.7 Å². The molecule has 3 aromatic carbocycles. The Bertz CT molecular complexity index is 1560. The van der Waals surface area contributed by atoms with Gasteiger partial charge in [0.05, 0.1) is 11.4 Å². The number of nitrogens with zero attached hydrogens (tertiary/aromatic N) is 2. The van der Waals surface area contributed by atoms with Crippen LogP contribution in [0.3, 0.4) is 0 Å². The Morgan fingerprint density at radius 2 is 1.64 bits per heavy atom. The lowest BCUT2D eigenvalue weighted by Gasteiger charge is -2.24. The molecule has 1 saturated heterocycles. The predicted molar refractivity (Wildman–Crippen MR) is 164 cm³/mol. The number of hydrogen-bond acceptors (Lipinski definition) is 5. The Labute approximate surface area is 256 Å². The summed E-state index contributed by atoms with van der Waals surface area (Å²) in [6.45, 7) is 1.85. The molecule has 44 heavy (non-hydrogen) atoms. The topological polar surface area (TPSA) is 112 Å². The van der Waals surface area contributed by atoms with Crippen LogP contribution in [0, 0.1) is 0 Å². The molecule has 3 aromatic rings. The van der Waals surface area contributed by atoms with E-state index in [1.807, 2.05) is 19.1 Å². The third-order valence-corrected chi connectivity index (χ3v) is 7.97. The summed E-state index contributed by atoms with van der Waals surface area (Å²) >= 11 is 1.25. The Hall–Kier alpha value is -4.52. The highest BCUT2D eigenvalue weighted by Crippen LogP contribution is 2.35.